The van der Waals surface area contributed by atoms with Crippen LogP contribution < -0.4 is 11.1 Å². The molecule has 1 heterocycles. The van der Waals surface area contributed by atoms with Crippen LogP contribution in [0.5, 0.6) is 0 Å². The summed E-state index contributed by atoms with van der Waals surface area (Å²) < 4.78 is 0. The standard InChI is InChI=1S/C17H20N4O4/c1-10(22)21-9-13(23)7-15(21)17(25)20-14(16(19)24)6-11-4-2-3-5-12(11)8-18/h2-5,13-15,23H,6-7,9H2,1H3,(H2,19,24)(H,20,25)/t13-,14-,15+/m1/s1. The number of nitrogens with two attached hydrogens (primary N) is 1. The van der Waals surface area contributed by atoms with Gasteiger partial charge in [0.15, 0.2) is 0 Å². The van der Waals surface area contributed by atoms with E-state index < -0.39 is 30.0 Å². The van der Waals surface area contributed by atoms with Gasteiger partial charge >= 0.3 is 0 Å². The van der Waals surface area contributed by atoms with Gasteiger partial charge < -0.3 is 21.1 Å². The summed E-state index contributed by atoms with van der Waals surface area (Å²) in [6.45, 7) is 1.39. The van der Waals surface area contributed by atoms with Gasteiger partial charge in [0.05, 0.1) is 17.7 Å². The average molecular weight is 344 g/mol. The maximum absolute atomic E-state index is 12.5. The van der Waals surface area contributed by atoms with Crippen LogP contribution in [0.15, 0.2) is 24.3 Å². The van der Waals surface area contributed by atoms with E-state index >= 15 is 0 Å². The maximum atomic E-state index is 12.5. The van der Waals surface area contributed by atoms with E-state index in [2.05, 4.69) is 5.32 Å². The van der Waals surface area contributed by atoms with Crippen LogP contribution in [-0.4, -0.2) is 52.5 Å². The van der Waals surface area contributed by atoms with Gasteiger partial charge in [-0.05, 0) is 11.6 Å². The number of carbonyl (C=O) groups excluding carboxylic acids is 3. The van der Waals surface area contributed by atoms with Gasteiger partial charge in [-0.2, -0.15) is 5.26 Å². The van der Waals surface area contributed by atoms with Crippen molar-refractivity contribution in [3.8, 4) is 6.07 Å². The molecule has 8 nitrogen and oxygen atoms in total. The fourth-order valence-electron chi connectivity index (χ4n) is 2.93. The topological polar surface area (TPSA) is 137 Å². The largest absolute Gasteiger partial charge is 0.391 e. The molecule has 0 unspecified atom stereocenters. The van der Waals surface area contributed by atoms with Crippen LogP contribution >= 0.6 is 0 Å². The molecular weight excluding hydrogens is 324 g/mol. The van der Waals surface area contributed by atoms with Crippen LogP contribution in [0.1, 0.15) is 24.5 Å². The molecule has 0 aliphatic carbocycles. The first-order valence-corrected chi connectivity index (χ1v) is 7.86. The van der Waals surface area contributed by atoms with Crippen molar-refractivity contribution in [1.29, 1.82) is 5.26 Å². The Balaban J connectivity index is 2.14. The molecule has 3 atom stereocenters. The van der Waals surface area contributed by atoms with Gasteiger partial charge in [-0.3, -0.25) is 14.4 Å². The van der Waals surface area contributed by atoms with Crippen LogP contribution in [0, 0.1) is 11.3 Å². The second kappa shape index (κ2) is 7.77. The third-order valence-electron chi connectivity index (χ3n) is 4.21. The summed E-state index contributed by atoms with van der Waals surface area (Å²) in [6, 6.07) is 6.87. The second-order valence-corrected chi connectivity index (χ2v) is 6.01. The number of rotatable bonds is 5. The van der Waals surface area contributed by atoms with Gasteiger partial charge in [-0.15, -0.1) is 0 Å². The molecule has 4 N–H and O–H groups in total. The smallest absolute Gasteiger partial charge is 0.243 e. The summed E-state index contributed by atoms with van der Waals surface area (Å²) in [5, 5.41) is 21.4. The van der Waals surface area contributed by atoms with Gasteiger partial charge in [0.1, 0.15) is 12.1 Å². The molecular formula is C17H20N4O4. The van der Waals surface area contributed by atoms with Crippen LogP contribution in [0.3, 0.4) is 0 Å². The number of primary amides is 1. The Bertz CT molecular complexity index is 728. The van der Waals surface area contributed by atoms with E-state index in [4.69, 9.17) is 11.0 Å². The Kier molecular flexibility index (Phi) is 5.72. The molecule has 0 spiro atoms. The third kappa shape index (κ3) is 4.33. The summed E-state index contributed by atoms with van der Waals surface area (Å²) in [4.78, 5) is 37.1. The summed E-state index contributed by atoms with van der Waals surface area (Å²) in [5.41, 5.74) is 6.36. The zero-order valence-corrected chi connectivity index (χ0v) is 13.8. The number of aliphatic hydroxyl groups is 1. The van der Waals surface area contributed by atoms with E-state index in [0.717, 1.165) is 0 Å². The lowest BCUT2D eigenvalue weighted by atomic mass is 10.00. The Morgan fingerprint density at radius 2 is 2.12 bits per heavy atom. The van der Waals surface area contributed by atoms with Gasteiger partial charge in [0.2, 0.25) is 17.7 Å². The van der Waals surface area contributed by atoms with Crippen molar-refractivity contribution in [2.24, 2.45) is 5.73 Å². The highest BCUT2D eigenvalue weighted by molar-refractivity contribution is 5.91. The number of benzene rings is 1. The molecule has 25 heavy (non-hydrogen) atoms. The average Bonchev–Trinajstić information content (AvgIpc) is 2.97. The van der Waals surface area contributed by atoms with Gasteiger partial charge in [-0.1, -0.05) is 18.2 Å². The number of carbonyl (C=O) groups is 3. The van der Waals surface area contributed by atoms with Crippen LogP contribution in [0.4, 0.5) is 0 Å². The predicted molar refractivity (Wildman–Crippen MR) is 87.8 cm³/mol. The molecule has 1 aromatic rings. The Labute approximate surface area is 145 Å². The maximum Gasteiger partial charge on any atom is 0.243 e. The number of amides is 3. The van der Waals surface area contributed by atoms with Crippen molar-refractivity contribution in [2.45, 2.75) is 38.0 Å². The Morgan fingerprint density at radius 1 is 1.44 bits per heavy atom. The third-order valence-corrected chi connectivity index (χ3v) is 4.21. The minimum atomic E-state index is -1.02. The van der Waals surface area contributed by atoms with Crippen LogP contribution in [0.2, 0.25) is 0 Å². The molecule has 8 heteroatoms. The number of hydrogen-bond donors (Lipinski definition) is 3. The van der Waals surface area contributed by atoms with Crippen LogP contribution in [0.25, 0.3) is 0 Å². The first-order valence-electron chi connectivity index (χ1n) is 7.86. The number of β-amino-alcohol motifs (C(OH)–C–C–N with tert-alkyl or cyclic N) is 1. The van der Waals surface area contributed by atoms with Gasteiger partial charge in [-0.25, -0.2) is 0 Å². The van der Waals surface area contributed by atoms with E-state index in [-0.39, 0.29) is 25.3 Å². The highest BCUT2D eigenvalue weighted by Gasteiger charge is 2.38. The number of hydrogen-bond acceptors (Lipinski definition) is 5. The van der Waals surface area contributed by atoms with Crippen molar-refractivity contribution in [1.82, 2.24) is 10.2 Å². The summed E-state index contributed by atoms with van der Waals surface area (Å²) >= 11 is 0. The number of aliphatic hydroxyl groups excluding tert-OH is 1. The van der Waals surface area contributed by atoms with E-state index in [0.29, 0.717) is 11.1 Å². The molecule has 1 aliphatic heterocycles. The van der Waals surface area contributed by atoms with Crippen molar-refractivity contribution in [2.75, 3.05) is 6.54 Å². The molecule has 1 saturated heterocycles. The molecule has 0 aromatic heterocycles. The molecule has 0 bridgehead atoms. The van der Waals surface area contributed by atoms with Crippen molar-refractivity contribution in [3.05, 3.63) is 35.4 Å². The second-order valence-electron chi connectivity index (χ2n) is 6.01. The van der Waals surface area contributed by atoms with Gasteiger partial charge in [0.25, 0.3) is 0 Å². The monoisotopic (exact) mass is 344 g/mol. The van der Waals surface area contributed by atoms with Crippen molar-refractivity contribution < 1.29 is 19.5 Å². The lowest BCUT2D eigenvalue weighted by molar-refractivity contribution is -0.138. The highest BCUT2D eigenvalue weighted by Crippen LogP contribution is 2.19. The van der Waals surface area contributed by atoms with Crippen LogP contribution in [-0.2, 0) is 20.8 Å². The quantitative estimate of drug-likeness (QED) is 0.633. The number of likely N-dealkylation sites (tertiary alicyclic amines) is 1. The molecule has 2 rings (SSSR count). The molecule has 1 fully saturated rings. The minimum absolute atomic E-state index is 0.0696. The first kappa shape index (κ1) is 18.4. The molecule has 132 valence electrons. The molecule has 0 saturated carbocycles. The fourth-order valence-corrected chi connectivity index (χ4v) is 2.93. The summed E-state index contributed by atoms with van der Waals surface area (Å²) in [5.74, 6) is -1.62. The lowest BCUT2D eigenvalue weighted by Gasteiger charge is -2.24. The predicted octanol–water partition coefficient (Wildman–Crippen LogP) is -0.947. The summed E-state index contributed by atoms with van der Waals surface area (Å²) in [7, 11) is 0. The Morgan fingerprint density at radius 3 is 2.72 bits per heavy atom. The zero-order valence-electron chi connectivity index (χ0n) is 13.8. The lowest BCUT2D eigenvalue weighted by Crippen LogP contribution is -2.52. The number of nitriles is 1. The van der Waals surface area contributed by atoms with Crippen molar-refractivity contribution in [3.63, 3.8) is 0 Å². The summed E-state index contributed by atoms with van der Waals surface area (Å²) in [6.07, 6.45) is -0.614. The zero-order chi connectivity index (χ0) is 18.6. The SMILES string of the molecule is CC(=O)N1C[C@H](O)C[C@H]1C(=O)N[C@H](Cc1ccccc1C#N)C(N)=O. The molecule has 1 aliphatic rings. The number of nitrogens with one attached hydrogen (secondary N) is 1. The minimum Gasteiger partial charge on any atom is -0.391 e. The van der Waals surface area contributed by atoms with Gasteiger partial charge in [0, 0.05) is 26.3 Å². The first-order chi connectivity index (χ1) is 11.8. The Hall–Kier alpha value is -2.92. The molecule has 0 radical (unpaired) electrons. The highest BCUT2D eigenvalue weighted by atomic mass is 16.3. The fraction of sp³-hybridized carbons (Fsp3) is 0.412. The van der Waals surface area contributed by atoms with E-state index in [9.17, 15) is 19.5 Å². The van der Waals surface area contributed by atoms with Crippen molar-refractivity contribution >= 4 is 17.7 Å². The number of nitrogens with zero attached hydrogens (tertiary/aromatic N) is 2. The normalized spacial score (nSPS) is 20.6. The molecule has 1 aromatic carbocycles. The molecule has 3 amide bonds. The van der Waals surface area contributed by atoms with E-state index in [1.54, 1.807) is 24.3 Å². The van der Waals surface area contributed by atoms with E-state index in [1.165, 1.54) is 11.8 Å². The van der Waals surface area contributed by atoms with E-state index in [1.807, 2.05) is 6.07 Å².